The fourth-order valence-corrected chi connectivity index (χ4v) is 1.75. The molecule has 1 aromatic rings. The van der Waals surface area contributed by atoms with E-state index in [4.69, 9.17) is 29.0 Å². The van der Waals surface area contributed by atoms with Crippen LogP contribution in [0.5, 0.6) is 5.75 Å². The van der Waals surface area contributed by atoms with E-state index < -0.39 is 18.0 Å². The summed E-state index contributed by atoms with van der Waals surface area (Å²) in [7, 11) is 0. The number of hydrazine groups is 1. The molecule has 0 spiro atoms. The van der Waals surface area contributed by atoms with Crippen LogP contribution in [0.25, 0.3) is 0 Å². The average Bonchev–Trinajstić information content (AvgIpc) is 2.20. The van der Waals surface area contributed by atoms with Crippen molar-refractivity contribution in [2.24, 2.45) is 5.84 Å². The van der Waals surface area contributed by atoms with Crippen LogP contribution in [0.4, 0.5) is 13.2 Å². The molecule has 1 rings (SSSR count). The minimum absolute atomic E-state index is 0.120. The first-order valence-corrected chi connectivity index (χ1v) is 5.21. The molecule has 0 bridgehead atoms. The lowest BCUT2D eigenvalue weighted by molar-refractivity contribution is -0.274. The van der Waals surface area contributed by atoms with Gasteiger partial charge >= 0.3 is 6.36 Å². The highest BCUT2D eigenvalue weighted by atomic mass is 35.5. The van der Waals surface area contributed by atoms with Gasteiger partial charge in [0.2, 0.25) is 5.91 Å². The number of alkyl halides is 3. The molecule has 1 aromatic carbocycles. The van der Waals surface area contributed by atoms with E-state index in [1.54, 1.807) is 0 Å². The van der Waals surface area contributed by atoms with Crippen LogP contribution in [0.2, 0.25) is 10.0 Å². The summed E-state index contributed by atoms with van der Waals surface area (Å²) in [5.74, 6) is 3.73. The van der Waals surface area contributed by atoms with E-state index in [2.05, 4.69) is 4.74 Å². The second-order valence-corrected chi connectivity index (χ2v) is 3.97. The summed E-state index contributed by atoms with van der Waals surface area (Å²) in [6.07, 6.45) is -5.09. The fourth-order valence-electron chi connectivity index (χ4n) is 1.15. The van der Waals surface area contributed by atoms with Crippen molar-refractivity contribution in [1.29, 1.82) is 0 Å². The Hall–Kier alpha value is -1.18. The quantitative estimate of drug-likeness (QED) is 0.512. The molecule has 0 aliphatic rings. The number of hydrogen-bond acceptors (Lipinski definition) is 3. The van der Waals surface area contributed by atoms with Gasteiger partial charge in [0.1, 0.15) is 5.75 Å². The molecule has 0 aliphatic carbocycles. The largest absolute Gasteiger partial charge is 0.573 e. The Kier molecular flexibility index (Phi) is 4.66. The zero-order valence-corrected chi connectivity index (χ0v) is 10.2. The maximum Gasteiger partial charge on any atom is 0.573 e. The third-order valence-electron chi connectivity index (χ3n) is 1.85. The Morgan fingerprint density at radius 3 is 2.22 bits per heavy atom. The van der Waals surface area contributed by atoms with Gasteiger partial charge in [-0.2, -0.15) is 0 Å². The zero-order valence-electron chi connectivity index (χ0n) is 8.65. The van der Waals surface area contributed by atoms with Gasteiger partial charge < -0.3 is 4.74 Å². The van der Waals surface area contributed by atoms with E-state index in [9.17, 15) is 18.0 Å². The molecule has 0 saturated carbocycles. The lowest BCUT2D eigenvalue weighted by Crippen LogP contribution is -2.31. The van der Waals surface area contributed by atoms with Gasteiger partial charge in [-0.3, -0.25) is 10.2 Å². The number of rotatable bonds is 3. The smallest absolute Gasteiger partial charge is 0.406 e. The van der Waals surface area contributed by atoms with Crippen molar-refractivity contribution in [3.05, 3.63) is 27.7 Å². The van der Waals surface area contributed by atoms with Gasteiger partial charge in [-0.25, -0.2) is 5.84 Å². The van der Waals surface area contributed by atoms with Crippen LogP contribution in [0, 0.1) is 0 Å². The van der Waals surface area contributed by atoms with Crippen LogP contribution in [-0.2, 0) is 11.2 Å². The number of hydrogen-bond donors (Lipinski definition) is 2. The number of ether oxygens (including phenoxy) is 1. The number of carbonyl (C=O) groups excluding carboxylic acids is 1. The van der Waals surface area contributed by atoms with Crippen LogP contribution in [-0.4, -0.2) is 12.3 Å². The van der Waals surface area contributed by atoms with Crippen LogP contribution in [0.15, 0.2) is 12.1 Å². The third kappa shape index (κ3) is 4.25. The van der Waals surface area contributed by atoms with E-state index in [0.717, 1.165) is 12.1 Å². The second-order valence-electron chi connectivity index (χ2n) is 3.16. The first-order valence-electron chi connectivity index (χ1n) is 4.46. The van der Waals surface area contributed by atoms with E-state index in [1.807, 2.05) is 5.43 Å². The molecule has 0 aliphatic heterocycles. The van der Waals surface area contributed by atoms with E-state index in [-0.39, 0.29) is 22.0 Å². The van der Waals surface area contributed by atoms with Crippen molar-refractivity contribution in [2.45, 2.75) is 12.8 Å². The van der Waals surface area contributed by atoms with Crippen molar-refractivity contribution >= 4 is 29.1 Å². The summed E-state index contributed by atoms with van der Waals surface area (Å²) in [6.45, 7) is 0. The van der Waals surface area contributed by atoms with Crippen LogP contribution >= 0.6 is 23.2 Å². The predicted octanol–water partition coefficient (Wildman–Crippen LogP) is 2.42. The first kappa shape index (κ1) is 14.9. The summed E-state index contributed by atoms with van der Waals surface area (Å²) >= 11 is 11.4. The highest BCUT2D eigenvalue weighted by molar-refractivity contribution is 6.36. The van der Waals surface area contributed by atoms with Crippen molar-refractivity contribution in [3.63, 3.8) is 0 Å². The van der Waals surface area contributed by atoms with Gasteiger partial charge in [-0.1, -0.05) is 23.2 Å². The maximum absolute atomic E-state index is 12.0. The molecule has 18 heavy (non-hydrogen) atoms. The van der Waals surface area contributed by atoms with Gasteiger partial charge in [0.15, 0.2) is 0 Å². The van der Waals surface area contributed by atoms with Gasteiger partial charge in [-0.15, -0.1) is 13.2 Å². The standard InChI is InChI=1S/C9H7Cl2F3N2O2/c10-6-1-4(18-9(12,13)14)2-7(11)5(6)3-8(17)16-15/h1-2H,3,15H2,(H,16,17). The first-order chi connectivity index (χ1) is 8.23. The molecule has 9 heteroatoms. The number of halogens is 5. The Morgan fingerprint density at radius 1 is 1.33 bits per heavy atom. The summed E-state index contributed by atoms with van der Waals surface area (Å²) in [5, 5.41) is -0.240. The molecular formula is C9H7Cl2F3N2O2. The molecule has 100 valence electrons. The molecule has 4 nitrogen and oxygen atoms in total. The molecule has 0 radical (unpaired) electrons. The number of nitrogens with two attached hydrogens (primary N) is 1. The normalized spacial score (nSPS) is 11.2. The monoisotopic (exact) mass is 302 g/mol. The summed E-state index contributed by atoms with van der Waals surface area (Å²) < 4.78 is 39.6. The third-order valence-corrected chi connectivity index (χ3v) is 2.52. The van der Waals surface area contributed by atoms with Crippen molar-refractivity contribution in [2.75, 3.05) is 0 Å². The molecule has 0 saturated heterocycles. The van der Waals surface area contributed by atoms with Crippen molar-refractivity contribution in [1.82, 2.24) is 5.43 Å². The molecule has 0 atom stereocenters. The highest BCUT2D eigenvalue weighted by Crippen LogP contribution is 2.33. The Morgan fingerprint density at radius 2 is 1.83 bits per heavy atom. The SMILES string of the molecule is NNC(=O)Cc1c(Cl)cc(OC(F)(F)F)cc1Cl. The molecule has 3 N–H and O–H groups in total. The van der Waals surface area contributed by atoms with Gasteiger partial charge in [0.25, 0.3) is 0 Å². The van der Waals surface area contributed by atoms with Crippen LogP contribution in [0.1, 0.15) is 5.56 Å². The highest BCUT2D eigenvalue weighted by Gasteiger charge is 2.31. The Bertz CT molecular complexity index is 443. The lowest BCUT2D eigenvalue weighted by Gasteiger charge is -2.12. The van der Waals surface area contributed by atoms with E-state index in [0.29, 0.717) is 0 Å². The summed E-state index contributed by atoms with van der Waals surface area (Å²) in [6, 6.07) is 1.83. The Balaban J connectivity index is 3.01. The average molecular weight is 303 g/mol. The minimum Gasteiger partial charge on any atom is -0.406 e. The van der Waals surface area contributed by atoms with Gasteiger partial charge in [0.05, 0.1) is 6.42 Å². The molecule has 0 unspecified atom stereocenters. The number of carbonyl (C=O) groups is 1. The van der Waals surface area contributed by atoms with Gasteiger partial charge in [0, 0.05) is 10.0 Å². The fraction of sp³-hybridized carbons (Fsp3) is 0.222. The molecule has 0 aromatic heterocycles. The molecule has 0 fully saturated rings. The van der Waals surface area contributed by atoms with Crippen molar-refractivity contribution in [3.8, 4) is 5.75 Å². The van der Waals surface area contributed by atoms with E-state index in [1.165, 1.54) is 0 Å². The molecule has 0 heterocycles. The zero-order chi connectivity index (χ0) is 13.9. The van der Waals surface area contributed by atoms with Crippen molar-refractivity contribution < 1.29 is 22.7 Å². The topological polar surface area (TPSA) is 64.3 Å². The van der Waals surface area contributed by atoms with E-state index >= 15 is 0 Å². The van der Waals surface area contributed by atoms with Gasteiger partial charge in [-0.05, 0) is 17.7 Å². The number of nitrogens with one attached hydrogen (secondary N) is 1. The summed E-state index contributed by atoms with van der Waals surface area (Å²) in [4.78, 5) is 11.0. The maximum atomic E-state index is 12.0. The summed E-state index contributed by atoms with van der Waals surface area (Å²) in [5.41, 5.74) is 2.02. The second kappa shape index (κ2) is 5.64. The minimum atomic E-state index is -4.84. The predicted molar refractivity (Wildman–Crippen MR) is 59.2 cm³/mol. The van der Waals surface area contributed by atoms with Crippen LogP contribution in [0.3, 0.4) is 0 Å². The van der Waals surface area contributed by atoms with Crippen LogP contribution < -0.4 is 16.0 Å². The molecular weight excluding hydrogens is 296 g/mol. The Labute approximate surface area is 110 Å². The molecule has 1 amide bonds. The number of benzene rings is 1. The number of amides is 1. The lowest BCUT2D eigenvalue weighted by atomic mass is 10.1.